The molecule has 0 fully saturated rings. The Kier molecular flexibility index (Phi) is 5.76. The van der Waals surface area contributed by atoms with E-state index in [1.165, 1.54) is 6.92 Å². The van der Waals surface area contributed by atoms with Gasteiger partial charge in [0, 0.05) is 12.1 Å². The van der Waals surface area contributed by atoms with Gasteiger partial charge in [0.25, 0.3) is 0 Å². The van der Waals surface area contributed by atoms with Crippen LogP contribution in [0.3, 0.4) is 0 Å². The Morgan fingerprint density at radius 3 is 2.58 bits per heavy atom. The average Bonchev–Trinajstić information content (AvgIpc) is 2.77. The molecule has 0 saturated heterocycles. The summed E-state index contributed by atoms with van der Waals surface area (Å²) < 4.78 is 4.98. The highest BCUT2D eigenvalue weighted by Gasteiger charge is 2.21. The summed E-state index contributed by atoms with van der Waals surface area (Å²) in [4.78, 5) is 25.2. The summed E-state index contributed by atoms with van der Waals surface area (Å²) in [6.45, 7) is 6.22. The van der Waals surface area contributed by atoms with Crippen LogP contribution < -0.4 is 5.32 Å². The Bertz CT molecular complexity index is 412. The van der Waals surface area contributed by atoms with Crippen molar-refractivity contribution in [3.8, 4) is 0 Å². The van der Waals surface area contributed by atoms with Gasteiger partial charge in [-0.25, -0.2) is 0 Å². The summed E-state index contributed by atoms with van der Waals surface area (Å²) in [5.41, 5.74) is 1.02. The molecule has 1 unspecified atom stereocenters. The van der Waals surface area contributed by atoms with E-state index in [-0.39, 0.29) is 24.2 Å². The van der Waals surface area contributed by atoms with Gasteiger partial charge in [-0.1, -0.05) is 13.8 Å². The van der Waals surface area contributed by atoms with Gasteiger partial charge in [0.05, 0.1) is 25.1 Å². The van der Waals surface area contributed by atoms with Gasteiger partial charge in [-0.2, -0.15) is 0 Å². The van der Waals surface area contributed by atoms with Gasteiger partial charge < -0.3 is 9.73 Å². The maximum atomic E-state index is 11.9. The number of hydrogen-bond acceptors (Lipinski definition) is 4. The maximum absolute atomic E-state index is 11.9. The zero-order valence-electron chi connectivity index (χ0n) is 12.0. The van der Waals surface area contributed by atoms with Gasteiger partial charge in [-0.05, 0) is 26.0 Å². The molecular formula is C14H22N2O3. The van der Waals surface area contributed by atoms with E-state index in [0.717, 1.165) is 5.56 Å². The van der Waals surface area contributed by atoms with Crippen LogP contribution in [-0.2, 0) is 16.1 Å². The van der Waals surface area contributed by atoms with Crippen molar-refractivity contribution in [3.63, 3.8) is 0 Å². The molecule has 1 amide bonds. The molecule has 1 atom stereocenters. The van der Waals surface area contributed by atoms with Gasteiger partial charge in [0.2, 0.25) is 5.91 Å². The van der Waals surface area contributed by atoms with Crippen LogP contribution in [-0.4, -0.2) is 36.2 Å². The molecule has 1 rings (SSSR count). The summed E-state index contributed by atoms with van der Waals surface area (Å²) in [5, 5.41) is 2.77. The monoisotopic (exact) mass is 266 g/mol. The number of amides is 1. The molecule has 1 N–H and O–H groups in total. The Labute approximate surface area is 114 Å². The third-order valence-corrected chi connectivity index (χ3v) is 2.87. The summed E-state index contributed by atoms with van der Waals surface area (Å²) in [6, 6.07) is 1.45. The molecule has 0 aliphatic rings. The normalized spacial score (nSPS) is 12.7. The van der Waals surface area contributed by atoms with Crippen LogP contribution >= 0.6 is 0 Å². The minimum absolute atomic E-state index is 0.0131. The highest BCUT2D eigenvalue weighted by atomic mass is 16.3. The molecule has 0 saturated carbocycles. The zero-order valence-corrected chi connectivity index (χ0v) is 12.0. The Balaban J connectivity index is 2.43. The first-order chi connectivity index (χ1) is 8.90. The van der Waals surface area contributed by atoms with Crippen molar-refractivity contribution in [3.05, 3.63) is 24.2 Å². The maximum Gasteiger partial charge on any atom is 0.234 e. The Morgan fingerprint density at radius 2 is 2.11 bits per heavy atom. The molecule has 0 aliphatic heterocycles. The van der Waals surface area contributed by atoms with Crippen molar-refractivity contribution in [1.29, 1.82) is 0 Å². The van der Waals surface area contributed by atoms with E-state index in [1.807, 2.05) is 31.9 Å². The minimum Gasteiger partial charge on any atom is -0.472 e. The molecular weight excluding hydrogens is 244 g/mol. The summed E-state index contributed by atoms with van der Waals surface area (Å²) >= 11 is 0. The largest absolute Gasteiger partial charge is 0.472 e. The smallest absolute Gasteiger partial charge is 0.234 e. The standard InChI is InChI=1S/C14H22N2O3/c1-10(2)14(11(3)17)15-13(18)8-16(4)7-12-5-6-19-9-12/h5-6,9-10,14H,7-8H2,1-4H3,(H,15,18). The number of carbonyl (C=O) groups excluding carboxylic acids is 2. The lowest BCUT2D eigenvalue weighted by Crippen LogP contribution is -2.46. The lowest BCUT2D eigenvalue weighted by molar-refractivity contribution is -0.128. The lowest BCUT2D eigenvalue weighted by atomic mass is 10.0. The van der Waals surface area contributed by atoms with Crippen LogP contribution in [0.1, 0.15) is 26.3 Å². The number of furan rings is 1. The van der Waals surface area contributed by atoms with Gasteiger partial charge in [0.1, 0.15) is 0 Å². The second-order valence-corrected chi connectivity index (χ2v) is 5.20. The van der Waals surface area contributed by atoms with E-state index < -0.39 is 6.04 Å². The summed E-state index contributed by atoms with van der Waals surface area (Å²) in [6.07, 6.45) is 3.26. The van der Waals surface area contributed by atoms with E-state index in [9.17, 15) is 9.59 Å². The Hall–Kier alpha value is -1.62. The molecule has 5 nitrogen and oxygen atoms in total. The van der Waals surface area contributed by atoms with E-state index in [0.29, 0.717) is 6.54 Å². The van der Waals surface area contributed by atoms with Crippen LogP contribution in [0.25, 0.3) is 0 Å². The number of likely N-dealkylation sites (N-methyl/N-ethyl adjacent to an activating group) is 1. The van der Waals surface area contributed by atoms with Gasteiger partial charge in [-0.3, -0.25) is 14.5 Å². The van der Waals surface area contributed by atoms with E-state index >= 15 is 0 Å². The number of rotatable bonds is 7. The van der Waals surface area contributed by atoms with Crippen LogP contribution in [0.15, 0.2) is 23.0 Å². The van der Waals surface area contributed by atoms with Crippen LogP contribution in [0.4, 0.5) is 0 Å². The highest BCUT2D eigenvalue weighted by molar-refractivity contribution is 5.88. The molecule has 0 aromatic carbocycles. The predicted molar refractivity (Wildman–Crippen MR) is 72.5 cm³/mol. The molecule has 0 bridgehead atoms. The summed E-state index contributed by atoms with van der Waals surface area (Å²) in [7, 11) is 1.85. The van der Waals surface area contributed by atoms with Crippen molar-refractivity contribution >= 4 is 11.7 Å². The quantitative estimate of drug-likeness (QED) is 0.811. The molecule has 0 aliphatic carbocycles. The third-order valence-electron chi connectivity index (χ3n) is 2.87. The van der Waals surface area contributed by atoms with Crippen molar-refractivity contribution in [2.75, 3.05) is 13.6 Å². The molecule has 0 radical (unpaired) electrons. The fourth-order valence-electron chi connectivity index (χ4n) is 1.95. The van der Waals surface area contributed by atoms with E-state index in [1.54, 1.807) is 12.5 Å². The van der Waals surface area contributed by atoms with Gasteiger partial charge >= 0.3 is 0 Å². The van der Waals surface area contributed by atoms with Gasteiger partial charge in [0.15, 0.2) is 5.78 Å². The molecule has 19 heavy (non-hydrogen) atoms. The lowest BCUT2D eigenvalue weighted by Gasteiger charge is -2.21. The van der Waals surface area contributed by atoms with Crippen molar-refractivity contribution in [1.82, 2.24) is 10.2 Å². The topological polar surface area (TPSA) is 62.6 Å². The number of nitrogens with one attached hydrogen (secondary N) is 1. The van der Waals surface area contributed by atoms with Crippen LogP contribution in [0.2, 0.25) is 0 Å². The minimum atomic E-state index is -0.408. The fraction of sp³-hybridized carbons (Fsp3) is 0.571. The number of hydrogen-bond donors (Lipinski definition) is 1. The van der Waals surface area contributed by atoms with Crippen molar-refractivity contribution in [2.45, 2.75) is 33.4 Å². The van der Waals surface area contributed by atoms with Crippen molar-refractivity contribution < 1.29 is 14.0 Å². The molecule has 1 heterocycles. The molecule has 0 spiro atoms. The number of Topliss-reactive ketones (excluding diaryl/α,β-unsaturated/α-hetero) is 1. The second-order valence-electron chi connectivity index (χ2n) is 5.20. The average molecular weight is 266 g/mol. The first kappa shape index (κ1) is 15.4. The van der Waals surface area contributed by atoms with E-state index in [4.69, 9.17) is 4.42 Å². The first-order valence-corrected chi connectivity index (χ1v) is 6.39. The van der Waals surface area contributed by atoms with E-state index in [2.05, 4.69) is 5.32 Å². The predicted octanol–water partition coefficient (Wildman–Crippen LogP) is 1.44. The second kappa shape index (κ2) is 7.09. The summed E-state index contributed by atoms with van der Waals surface area (Å²) in [5.74, 6) is -0.0543. The molecule has 1 aromatic heterocycles. The highest BCUT2D eigenvalue weighted by Crippen LogP contribution is 2.05. The van der Waals surface area contributed by atoms with Crippen molar-refractivity contribution in [2.24, 2.45) is 5.92 Å². The Morgan fingerprint density at radius 1 is 1.42 bits per heavy atom. The zero-order chi connectivity index (χ0) is 14.4. The molecule has 5 heteroatoms. The van der Waals surface area contributed by atoms with Crippen LogP contribution in [0.5, 0.6) is 0 Å². The SMILES string of the molecule is CC(=O)C(NC(=O)CN(C)Cc1ccoc1)C(C)C. The molecule has 1 aromatic rings. The third kappa shape index (κ3) is 5.26. The molecule has 106 valence electrons. The number of carbonyl (C=O) groups is 2. The fourth-order valence-corrected chi connectivity index (χ4v) is 1.95. The number of nitrogens with zero attached hydrogens (tertiary/aromatic N) is 1. The first-order valence-electron chi connectivity index (χ1n) is 6.39. The van der Waals surface area contributed by atoms with Crippen LogP contribution in [0, 0.1) is 5.92 Å². The number of ketones is 1. The van der Waals surface area contributed by atoms with Gasteiger partial charge in [-0.15, -0.1) is 0 Å².